The van der Waals surface area contributed by atoms with E-state index in [1.807, 2.05) is 36.5 Å². The topological polar surface area (TPSA) is 101 Å². The van der Waals surface area contributed by atoms with Gasteiger partial charge in [0.25, 0.3) is 0 Å². The van der Waals surface area contributed by atoms with Crippen LogP contribution in [0.5, 0.6) is 0 Å². The molecular formula is C20H18N4O2. The molecule has 6 heteroatoms. The molecule has 0 fully saturated rings. The zero-order chi connectivity index (χ0) is 18.1. The fourth-order valence-corrected chi connectivity index (χ4v) is 3.25. The van der Waals surface area contributed by atoms with Crippen LogP contribution in [0.4, 0.5) is 5.82 Å². The lowest BCUT2D eigenvalue weighted by atomic mass is 10.00. The molecule has 1 aliphatic rings. The summed E-state index contributed by atoms with van der Waals surface area (Å²) in [6.07, 6.45) is 6.84. The van der Waals surface area contributed by atoms with E-state index in [1.54, 1.807) is 12.3 Å². The number of amides is 2. The van der Waals surface area contributed by atoms with Crippen LogP contribution in [-0.4, -0.2) is 21.8 Å². The van der Waals surface area contributed by atoms with Crippen molar-refractivity contribution < 1.29 is 9.59 Å². The highest BCUT2D eigenvalue weighted by molar-refractivity contribution is 5.98. The van der Waals surface area contributed by atoms with Crippen LogP contribution in [0.1, 0.15) is 23.1 Å². The van der Waals surface area contributed by atoms with Gasteiger partial charge in [0, 0.05) is 41.7 Å². The van der Waals surface area contributed by atoms with Crippen LogP contribution >= 0.6 is 0 Å². The monoisotopic (exact) mass is 346 g/mol. The summed E-state index contributed by atoms with van der Waals surface area (Å²) in [5.41, 5.74) is 9.93. The second kappa shape index (κ2) is 6.48. The van der Waals surface area contributed by atoms with Crippen LogP contribution in [0.25, 0.3) is 17.0 Å². The molecule has 1 aromatic carbocycles. The van der Waals surface area contributed by atoms with Crippen LogP contribution < -0.4 is 11.1 Å². The van der Waals surface area contributed by atoms with E-state index in [0.717, 1.165) is 27.6 Å². The fraction of sp³-hybridized carbons (Fsp3) is 0.150. The molecule has 2 aromatic heterocycles. The number of aryl methyl sites for hydroxylation is 1. The Morgan fingerprint density at radius 2 is 2.12 bits per heavy atom. The van der Waals surface area contributed by atoms with E-state index in [4.69, 9.17) is 5.73 Å². The van der Waals surface area contributed by atoms with Gasteiger partial charge in [0.2, 0.25) is 11.8 Å². The summed E-state index contributed by atoms with van der Waals surface area (Å²) in [5, 5.41) is 3.83. The number of carbonyl (C=O) groups is 2. The predicted molar refractivity (Wildman–Crippen MR) is 100 cm³/mol. The van der Waals surface area contributed by atoms with E-state index in [2.05, 4.69) is 15.3 Å². The van der Waals surface area contributed by atoms with Crippen LogP contribution in [0.2, 0.25) is 0 Å². The lowest BCUT2D eigenvalue weighted by Gasteiger charge is -2.15. The van der Waals surface area contributed by atoms with Gasteiger partial charge >= 0.3 is 0 Å². The van der Waals surface area contributed by atoms with Gasteiger partial charge in [0.05, 0.1) is 0 Å². The Morgan fingerprint density at radius 1 is 1.27 bits per heavy atom. The number of nitrogens with zero attached hydrogens (tertiary/aromatic N) is 1. The molecule has 1 aliphatic heterocycles. The number of nitrogens with one attached hydrogen (secondary N) is 2. The van der Waals surface area contributed by atoms with Crippen molar-refractivity contribution in [3.8, 4) is 0 Å². The van der Waals surface area contributed by atoms with E-state index in [-0.39, 0.29) is 5.91 Å². The average molecular weight is 346 g/mol. The van der Waals surface area contributed by atoms with Crippen LogP contribution in [0.15, 0.2) is 48.3 Å². The number of aromatic amines is 1. The summed E-state index contributed by atoms with van der Waals surface area (Å²) in [7, 11) is 0. The average Bonchev–Trinajstić information content (AvgIpc) is 3.04. The molecule has 0 radical (unpaired) electrons. The van der Waals surface area contributed by atoms with E-state index in [9.17, 15) is 9.59 Å². The minimum absolute atomic E-state index is 0.0227. The Labute approximate surface area is 150 Å². The fourth-order valence-electron chi connectivity index (χ4n) is 3.25. The molecule has 0 saturated carbocycles. The standard InChI is InChI=1S/C20H18N4O2/c21-19(26)14(9-15-11-22-17-4-2-1-3-16(15)17)8-12-7-13-5-6-18(25)24-20(13)23-10-12/h1-4,7-8,10-11,22H,5-6,9H2,(H2,21,26)(H,23,24,25). The lowest BCUT2D eigenvalue weighted by Crippen LogP contribution is -2.20. The quantitative estimate of drug-likeness (QED) is 0.633. The van der Waals surface area contributed by atoms with E-state index >= 15 is 0 Å². The summed E-state index contributed by atoms with van der Waals surface area (Å²) in [6, 6.07) is 9.89. The van der Waals surface area contributed by atoms with Crippen molar-refractivity contribution in [3.63, 3.8) is 0 Å². The molecule has 3 heterocycles. The zero-order valence-electron chi connectivity index (χ0n) is 14.1. The molecule has 2 amide bonds. The maximum absolute atomic E-state index is 12.0. The number of carbonyl (C=O) groups excluding carboxylic acids is 2. The molecule has 0 aliphatic carbocycles. The van der Waals surface area contributed by atoms with Gasteiger partial charge in [-0.2, -0.15) is 0 Å². The molecule has 0 unspecified atom stereocenters. The molecule has 6 nitrogen and oxygen atoms in total. The molecule has 130 valence electrons. The van der Waals surface area contributed by atoms with Gasteiger partial charge in [-0.25, -0.2) is 4.98 Å². The maximum atomic E-state index is 12.0. The number of rotatable bonds is 4. The summed E-state index contributed by atoms with van der Waals surface area (Å²) >= 11 is 0. The Morgan fingerprint density at radius 3 is 2.96 bits per heavy atom. The Hall–Kier alpha value is -3.41. The van der Waals surface area contributed by atoms with E-state index in [0.29, 0.717) is 30.7 Å². The highest BCUT2D eigenvalue weighted by Gasteiger charge is 2.16. The van der Waals surface area contributed by atoms with Crippen molar-refractivity contribution >= 4 is 34.6 Å². The number of aromatic nitrogens is 2. The van der Waals surface area contributed by atoms with Gasteiger partial charge < -0.3 is 16.0 Å². The van der Waals surface area contributed by atoms with Crippen molar-refractivity contribution in [1.29, 1.82) is 0 Å². The van der Waals surface area contributed by atoms with Gasteiger partial charge in [-0.15, -0.1) is 0 Å². The lowest BCUT2D eigenvalue weighted by molar-refractivity contribution is -0.116. The van der Waals surface area contributed by atoms with Crippen LogP contribution in [-0.2, 0) is 22.4 Å². The Kier molecular flexibility index (Phi) is 4.01. The second-order valence-corrected chi connectivity index (χ2v) is 6.39. The first-order valence-electron chi connectivity index (χ1n) is 8.44. The first kappa shape index (κ1) is 16.1. The van der Waals surface area contributed by atoms with Gasteiger partial charge in [0.15, 0.2) is 0 Å². The number of hydrogen-bond acceptors (Lipinski definition) is 3. The smallest absolute Gasteiger partial charge is 0.244 e. The van der Waals surface area contributed by atoms with E-state index in [1.165, 1.54) is 0 Å². The number of primary amides is 1. The van der Waals surface area contributed by atoms with Crippen molar-refractivity contribution in [2.45, 2.75) is 19.3 Å². The normalized spacial score (nSPS) is 14.2. The molecular weight excluding hydrogens is 328 g/mol. The third-order valence-electron chi connectivity index (χ3n) is 4.58. The number of fused-ring (bicyclic) bond motifs is 2. The zero-order valence-corrected chi connectivity index (χ0v) is 14.1. The minimum Gasteiger partial charge on any atom is -0.366 e. The molecule has 4 N–H and O–H groups in total. The predicted octanol–water partition coefficient (Wildman–Crippen LogP) is 2.56. The van der Waals surface area contributed by atoms with E-state index < -0.39 is 5.91 Å². The highest BCUT2D eigenvalue weighted by Crippen LogP contribution is 2.24. The summed E-state index contributed by atoms with van der Waals surface area (Å²) in [6.45, 7) is 0. The van der Waals surface area contributed by atoms with Crippen LogP contribution in [0, 0.1) is 0 Å². The van der Waals surface area contributed by atoms with Crippen molar-refractivity contribution in [2.24, 2.45) is 5.73 Å². The number of pyridine rings is 1. The van der Waals surface area contributed by atoms with Crippen molar-refractivity contribution in [1.82, 2.24) is 9.97 Å². The number of benzene rings is 1. The largest absolute Gasteiger partial charge is 0.366 e. The highest BCUT2D eigenvalue weighted by atomic mass is 16.2. The molecule has 26 heavy (non-hydrogen) atoms. The van der Waals surface area contributed by atoms with Gasteiger partial charge in [-0.3, -0.25) is 9.59 Å². The molecule has 3 aromatic rings. The molecule has 0 atom stereocenters. The van der Waals surface area contributed by atoms with Gasteiger partial charge in [-0.05, 0) is 41.3 Å². The second-order valence-electron chi connectivity index (χ2n) is 6.39. The maximum Gasteiger partial charge on any atom is 0.244 e. The Bertz CT molecular complexity index is 1050. The molecule has 0 spiro atoms. The van der Waals surface area contributed by atoms with Gasteiger partial charge in [-0.1, -0.05) is 18.2 Å². The van der Waals surface area contributed by atoms with Crippen molar-refractivity contribution in [3.05, 3.63) is 65.0 Å². The third-order valence-corrected chi connectivity index (χ3v) is 4.58. The number of para-hydroxylation sites is 1. The summed E-state index contributed by atoms with van der Waals surface area (Å²) < 4.78 is 0. The number of anilines is 1. The molecule has 4 rings (SSSR count). The third kappa shape index (κ3) is 3.09. The van der Waals surface area contributed by atoms with Gasteiger partial charge in [0.1, 0.15) is 5.82 Å². The number of hydrogen-bond donors (Lipinski definition) is 3. The molecule has 0 bridgehead atoms. The number of H-pyrrole nitrogens is 1. The van der Waals surface area contributed by atoms with Crippen LogP contribution in [0.3, 0.4) is 0 Å². The number of nitrogens with two attached hydrogens (primary N) is 1. The first-order valence-corrected chi connectivity index (χ1v) is 8.44. The summed E-state index contributed by atoms with van der Waals surface area (Å²) in [4.78, 5) is 30.9. The van der Waals surface area contributed by atoms with Crippen molar-refractivity contribution in [2.75, 3.05) is 5.32 Å². The Balaban J connectivity index is 1.66. The SMILES string of the molecule is NC(=O)C(=Cc1cnc2c(c1)CCC(=O)N2)Cc1c[nH]c2ccccc12. The first-order chi connectivity index (χ1) is 12.6. The summed E-state index contributed by atoms with van der Waals surface area (Å²) in [5.74, 6) is 0.113. The minimum atomic E-state index is -0.457. The molecule has 0 saturated heterocycles.